The topological polar surface area (TPSA) is 63.6 Å². The van der Waals surface area contributed by atoms with Crippen molar-refractivity contribution < 1.29 is 13.9 Å². The zero-order valence-electron chi connectivity index (χ0n) is 23.3. The third-order valence-corrected chi connectivity index (χ3v) is 9.22. The van der Waals surface area contributed by atoms with Crippen LogP contribution in [0.4, 0.5) is 10.2 Å². The molecule has 0 N–H and O–H groups in total. The molecule has 0 aliphatic carbocycles. The fourth-order valence-corrected chi connectivity index (χ4v) is 6.87. The molecule has 3 aliphatic rings. The monoisotopic (exact) mass is 573 g/mol. The van der Waals surface area contributed by atoms with Crippen LogP contribution in [0.15, 0.2) is 48.8 Å². The van der Waals surface area contributed by atoms with E-state index in [2.05, 4.69) is 47.0 Å². The van der Waals surface area contributed by atoms with Gasteiger partial charge in [0.1, 0.15) is 18.2 Å². The second-order valence-electron chi connectivity index (χ2n) is 11.5. The molecule has 41 heavy (non-hydrogen) atoms. The molecule has 4 aromatic rings. The van der Waals surface area contributed by atoms with Crippen molar-refractivity contribution in [1.82, 2.24) is 19.9 Å². The first-order chi connectivity index (χ1) is 20.0. The van der Waals surface area contributed by atoms with Gasteiger partial charge in [0.25, 0.3) is 0 Å². The summed E-state index contributed by atoms with van der Waals surface area (Å²) in [6.45, 7) is 4.49. The smallest absolute Gasteiger partial charge is 0.318 e. The van der Waals surface area contributed by atoms with Gasteiger partial charge in [-0.3, -0.25) is 4.98 Å². The molecule has 0 radical (unpaired) electrons. The Balaban J connectivity index is 1.27. The second kappa shape index (κ2) is 10.8. The van der Waals surface area contributed by atoms with E-state index in [-0.39, 0.29) is 18.0 Å². The zero-order chi connectivity index (χ0) is 28.1. The number of benzene rings is 2. The highest BCUT2D eigenvalue weighted by molar-refractivity contribution is 6.35. The maximum absolute atomic E-state index is 14.8. The quantitative estimate of drug-likeness (QED) is 0.288. The zero-order valence-corrected chi connectivity index (χ0v) is 24.1. The lowest BCUT2D eigenvalue weighted by atomic mass is 9.93. The van der Waals surface area contributed by atoms with Crippen LogP contribution >= 0.6 is 11.6 Å². The van der Waals surface area contributed by atoms with Crippen LogP contribution in [0.3, 0.4) is 0 Å². The van der Waals surface area contributed by atoms with E-state index in [1.807, 2.05) is 18.2 Å². The normalized spacial score (nSPS) is 22.5. The van der Waals surface area contributed by atoms with Crippen molar-refractivity contribution in [3.63, 3.8) is 0 Å². The van der Waals surface area contributed by atoms with Crippen LogP contribution in [0.25, 0.3) is 10.8 Å². The fourth-order valence-electron chi connectivity index (χ4n) is 6.58. The molecule has 5 heterocycles. The van der Waals surface area contributed by atoms with Gasteiger partial charge in [-0.2, -0.15) is 9.97 Å². The summed E-state index contributed by atoms with van der Waals surface area (Å²) < 4.78 is 27.6. The summed E-state index contributed by atoms with van der Waals surface area (Å²) in [6, 6.07) is 12.9. The Labute approximate surface area is 244 Å². The van der Waals surface area contributed by atoms with Crippen LogP contribution in [0.5, 0.6) is 6.01 Å². The first kappa shape index (κ1) is 26.6. The lowest BCUT2D eigenvalue weighted by Gasteiger charge is -2.38. The number of likely N-dealkylation sites (N-methyl/N-ethyl adjacent to an activating group) is 1. The minimum absolute atomic E-state index is 0.0912. The third-order valence-electron chi connectivity index (χ3n) is 8.91. The fraction of sp³-hybridized carbons (Fsp3) is 0.406. The molecule has 212 valence electrons. The Bertz CT molecular complexity index is 1610. The Kier molecular flexibility index (Phi) is 7.01. The van der Waals surface area contributed by atoms with E-state index in [9.17, 15) is 4.39 Å². The van der Waals surface area contributed by atoms with Crippen molar-refractivity contribution in [2.75, 3.05) is 25.1 Å². The SMILES string of the molecule is C[C@@H]1Cc2cncc(F)c2CN1c1nc(OC[C@@H]2CCCN2C)nc2c1CO[C@H](c1cccc3cccc(Cl)c13)C2. The molecule has 1 saturated heterocycles. The van der Waals surface area contributed by atoms with E-state index in [0.29, 0.717) is 55.2 Å². The van der Waals surface area contributed by atoms with Crippen molar-refractivity contribution in [1.29, 1.82) is 0 Å². The summed E-state index contributed by atoms with van der Waals surface area (Å²) in [5.41, 5.74) is 4.49. The van der Waals surface area contributed by atoms with E-state index in [0.717, 1.165) is 51.9 Å². The van der Waals surface area contributed by atoms with Gasteiger partial charge in [0.2, 0.25) is 0 Å². The minimum atomic E-state index is -0.285. The Morgan fingerprint density at radius 2 is 1.95 bits per heavy atom. The number of aromatic nitrogens is 3. The molecule has 7 nitrogen and oxygen atoms in total. The number of nitrogens with zero attached hydrogens (tertiary/aromatic N) is 5. The molecular formula is C32H33ClFN5O2. The molecule has 2 aromatic carbocycles. The van der Waals surface area contributed by atoms with Crippen LogP contribution < -0.4 is 9.64 Å². The van der Waals surface area contributed by atoms with Crippen molar-refractivity contribution in [2.45, 2.75) is 63.9 Å². The Morgan fingerprint density at radius 1 is 1.10 bits per heavy atom. The van der Waals surface area contributed by atoms with Crippen molar-refractivity contribution in [2.24, 2.45) is 0 Å². The van der Waals surface area contributed by atoms with Crippen LogP contribution in [-0.4, -0.2) is 52.1 Å². The first-order valence-electron chi connectivity index (χ1n) is 14.4. The summed E-state index contributed by atoms with van der Waals surface area (Å²) in [4.78, 5) is 18.5. The highest BCUT2D eigenvalue weighted by atomic mass is 35.5. The van der Waals surface area contributed by atoms with Gasteiger partial charge in [-0.05, 0) is 62.4 Å². The molecule has 0 saturated carbocycles. The number of fused-ring (bicyclic) bond motifs is 3. The minimum Gasteiger partial charge on any atom is -0.462 e. The molecule has 0 bridgehead atoms. The summed E-state index contributed by atoms with van der Waals surface area (Å²) in [5.74, 6) is 0.473. The first-order valence-corrected chi connectivity index (χ1v) is 14.7. The van der Waals surface area contributed by atoms with Gasteiger partial charge >= 0.3 is 6.01 Å². The highest BCUT2D eigenvalue weighted by Crippen LogP contribution is 2.40. The van der Waals surface area contributed by atoms with Crippen LogP contribution in [0.2, 0.25) is 5.02 Å². The summed E-state index contributed by atoms with van der Waals surface area (Å²) in [7, 11) is 2.13. The molecule has 1 fully saturated rings. The van der Waals surface area contributed by atoms with Crippen molar-refractivity contribution in [3.05, 3.63) is 87.6 Å². The molecule has 7 rings (SSSR count). The molecule has 0 unspecified atom stereocenters. The summed E-state index contributed by atoms with van der Waals surface area (Å²) >= 11 is 6.67. The number of hydrogen-bond acceptors (Lipinski definition) is 7. The lowest BCUT2D eigenvalue weighted by Crippen LogP contribution is -2.41. The van der Waals surface area contributed by atoms with Crippen LogP contribution in [0, 0.1) is 5.82 Å². The average Bonchev–Trinajstić information content (AvgIpc) is 3.39. The van der Waals surface area contributed by atoms with Gasteiger partial charge in [0.15, 0.2) is 0 Å². The maximum Gasteiger partial charge on any atom is 0.318 e. The van der Waals surface area contributed by atoms with Gasteiger partial charge in [0, 0.05) is 52.8 Å². The number of hydrogen-bond donors (Lipinski definition) is 0. The lowest BCUT2D eigenvalue weighted by molar-refractivity contribution is 0.0265. The standard InChI is InChI=1S/C32H33ClFN5O2/c1-19-12-21-14-35-15-27(34)24(21)16-39(19)31-25-18-40-29(23-9-3-6-20-7-4-10-26(33)30(20)23)13-28(25)36-32(37-31)41-17-22-8-5-11-38(22)2/h3-4,6-7,9-10,14-15,19,22,29H,5,8,11-13,16-18H2,1-2H3/t19-,22+,29+/m1/s1. The summed E-state index contributed by atoms with van der Waals surface area (Å²) in [6.07, 6.45) is 6.35. The number of anilines is 1. The molecule has 0 amide bonds. The van der Waals surface area contributed by atoms with Crippen LogP contribution in [0.1, 0.15) is 53.8 Å². The van der Waals surface area contributed by atoms with Gasteiger partial charge in [-0.25, -0.2) is 4.39 Å². The molecule has 9 heteroatoms. The maximum atomic E-state index is 14.8. The Hall–Kier alpha value is -3.33. The molecule has 0 spiro atoms. The molecule has 3 atom stereocenters. The van der Waals surface area contributed by atoms with E-state index < -0.39 is 0 Å². The number of ether oxygens (including phenoxy) is 2. The van der Waals surface area contributed by atoms with Gasteiger partial charge in [-0.1, -0.05) is 41.9 Å². The van der Waals surface area contributed by atoms with Crippen molar-refractivity contribution in [3.8, 4) is 6.01 Å². The van der Waals surface area contributed by atoms with Crippen LogP contribution in [-0.2, 0) is 30.7 Å². The van der Waals surface area contributed by atoms with E-state index in [1.54, 1.807) is 6.20 Å². The second-order valence-corrected chi connectivity index (χ2v) is 11.9. The third kappa shape index (κ3) is 4.92. The van der Waals surface area contributed by atoms with Gasteiger partial charge < -0.3 is 19.3 Å². The predicted molar refractivity (Wildman–Crippen MR) is 157 cm³/mol. The highest BCUT2D eigenvalue weighted by Gasteiger charge is 2.34. The van der Waals surface area contributed by atoms with E-state index in [4.69, 9.17) is 31.0 Å². The summed E-state index contributed by atoms with van der Waals surface area (Å²) in [5, 5.41) is 2.79. The number of likely N-dealkylation sites (tertiary alicyclic amines) is 1. The molecular weight excluding hydrogens is 541 g/mol. The van der Waals surface area contributed by atoms with E-state index >= 15 is 0 Å². The molecule has 2 aromatic heterocycles. The largest absolute Gasteiger partial charge is 0.462 e. The van der Waals surface area contributed by atoms with Gasteiger partial charge in [0.05, 0.1) is 24.6 Å². The number of pyridine rings is 1. The van der Waals surface area contributed by atoms with Gasteiger partial charge in [-0.15, -0.1) is 0 Å². The number of halogens is 2. The number of rotatable bonds is 5. The van der Waals surface area contributed by atoms with E-state index in [1.165, 1.54) is 12.6 Å². The molecule has 3 aliphatic heterocycles. The van der Waals surface area contributed by atoms with Crippen molar-refractivity contribution >= 4 is 28.2 Å². The Morgan fingerprint density at radius 3 is 2.78 bits per heavy atom. The average molecular weight is 574 g/mol. The predicted octanol–water partition coefficient (Wildman–Crippen LogP) is 6.06.